The molecule has 0 radical (unpaired) electrons. The van der Waals surface area contributed by atoms with E-state index < -0.39 is 0 Å². The number of rotatable bonds is 2. The van der Waals surface area contributed by atoms with Crippen LogP contribution in [0.1, 0.15) is 31.5 Å². The average Bonchev–Trinajstić information content (AvgIpc) is 2.94. The molecule has 90 valence electrons. The van der Waals surface area contributed by atoms with E-state index in [0.717, 1.165) is 25.7 Å². The van der Waals surface area contributed by atoms with Gasteiger partial charge in [-0.25, -0.2) is 0 Å². The summed E-state index contributed by atoms with van der Waals surface area (Å²) in [5.74, 6) is 0.0330. The Kier molecular flexibility index (Phi) is 2.38. The van der Waals surface area contributed by atoms with E-state index in [9.17, 15) is 9.59 Å². The monoisotopic (exact) mass is 235 g/mol. The zero-order valence-corrected chi connectivity index (χ0v) is 9.30. The van der Waals surface area contributed by atoms with Crippen LogP contribution in [0.25, 0.3) is 0 Å². The van der Waals surface area contributed by atoms with Crippen molar-refractivity contribution in [2.45, 2.75) is 32.2 Å². The van der Waals surface area contributed by atoms with E-state index in [4.69, 9.17) is 0 Å². The molecule has 7 nitrogen and oxygen atoms in total. The second-order valence-corrected chi connectivity index (χ2v) is 4.59. The van der Waals surface area contributed by atoms with Crippen LogP contribution >= 0.6 is 0 Å². The van der Waals surface area contributed by atoms with Gasteiger partial charge in [0, 0.05) is 0 Å². The van der Waals surface area contributed by atoms with Crippen molar-refractivity contribution in [3.63, 3.8) is 0 Å². The second-order valence-electron chi connectivity index (χ2n) is 4.59. The summed E-state index contributed by atoms with van der Waals surface area (Å²) >= 11 is 0. The lowest BCUT2D eigenvalue weighted by Gasteiger charge is -2.19. The Morgan fingerprint density at radius 2 is 1.82 bits per heavy atom. The number of nitrogens with zero attached hydrogens (tertiary/aromatic N) is 4. The highest BCUT2D eigenvalue weighted by atomic mass is 16.2. The number of aromatic amines is 1. The number of nitrogens with one attached hydrogen (secondary N) is 1. The molecule has 0 spiro atoms. The van der Waals surface area contributed by atoms with Crippen LogP contribution in [0.2, 0.25) is 0 Å². The van der Waals surface area contributed by atoms with Gasteiger partial charge in [-0.1, -0.05) is 18.1 Å². The second kappa shape index (κ2) is 3.90. The van der Waals surface area contributed by atoms with Crippen LogP contribution in [0.3, 0.4) is 0 Å². The Morgan fingerprint density at radius 3 is 2.35 bits per heavy atom. The van der Waals surface area contributed by atoms with E-state index in [1.54, 1.807) is 0 Å². The van der Waals surface area contributed by atoms with Crippen molar-refractivity contribution in [1.82, 2.24) is 25.5 Å². The van der Waals surface area contributed by atoms with E-state index in [2.05, 4.69) is 20.6 Å². The van der Waals surface area contributed by atoms with Gasteiger partial charge in [0.25, 0.3) is 0 Å². The maximum Gasteiger partial charge on any atom is 0.233 e. The molecule has 2 aliphatic rings. The van der Waals surface area contributed by atoms with E-state index >= 15 is 0 Å². The Labute approximate surface area is 97.6 Å². The molecular weight excluding hydrogens is 222 g/mol. The first kappa shape index (κ1) is 10.4. The Bertz CT molecular complexity index is 420. The molecule has 0 bridgehead atoms. The minimum absolute atomic E-state index is 0.0653. The predicted molar refractivity (Wildman–Crippen MR) is 55.2 cm³/mol. The third-order valence-electron chi connectivity index (χ3n) is 3.62. The number of tetrazole rings is 1. The van der Waals surface area contributed by atoms with Crippen molar-refractivity contribution in [2.24, 2.45) is 11.8 Å². The largest absolute Gasteiger partial charge is 0.274 e. The van der Waals surface area contributed by atoms with Crippen molar-refractivity contribution in [3.8, 4) is 0 Å². The number of fused-ring (bicyclic) bond motifs is 1. The van der Waals surface area contributed by atoms with Gasteiger partial charge in [0.1, 0.15) is 0 Å². The Balaban J connectivity index is 1.81. The lowest BCUT2D eigenvalue weighted by atomic mass is 9.81. The Morgan fingerprint density at radius 1 is 1.18 bits per heavy atom. The third-order valence-corrected chi connectivity index (χ3v) is 3.62. The summed E-state index contributed by atoms with van der Waals surface area (Å²) in [6, 6.07) is 0. The summed E-state index contributed by atoms with van der Waals surface area (Å²) in [5.41, 5.74) is 0. The minimum Gasteiger partial charge on any atom is -0.274 e. The zero-order valence-electron chi connectivity index (χ0n) is 9.30. The predicted octanol–water partition coefficient (Wildman–Crippen LogP) is -0.125. The van der Waals surface area contributed by atoms with Crippen molar-refractivity contribution in [1.29, 1.82) is 0 Å². The van der Waals surface area contributed by atoms with Crippen LogP contribution in [-0.4, -0.2) is 37.3 Å². The van der Waals surface area contributed by atoms with Crippen LogP contribution in [0.5, 0.6) is 0 Å². The van der Waals surface area contributed by atoms with E-state index in [1.165, 1.54) is 4.90 Å². The number of H-pyrrole nitrogens is 1. The molecule has 0 aromatic carbocycles. The number of likely N-dealkylation sites (tertiary alicyclic amines) is 1. The smallest absolute Gasteiger partial charge is 0.233 e. The number of carbonyl (C=O) groups excluding carboxylic acids is 2. The number of imide groups is 1. The van der Waals surface area contributed by atoms with Crippen LogP contribution < -0.4 is 0 Å². The highest BCUT2D eigenvalue weighted by Gasteiger charge is 2.48. The van der Waals surface area contributed by atoms with Crippen LogP contribution in [0.4, 0.5) is 0 Å². The number of amides is 2. The fourth-order valence-electron chi connectivity index (χ4n) is 2.78. The molecule has 1 aromatic heterocycles. The first-order valence-electron chi connectivity index (χ1n) is 5.85. The van der Waals surface area contributed by atoms with Gasteiger partial charge in [0.2, 0.25) is 11.8 Å². The maximum atomic E-state index is 12.1. The minimum atomic E-state index is -0.108. The highest BCUT2D eigenvalue weighted by Crippen LogP contribution is 2.38. The number of aromatic nitrogens is 4. The zero-order chi connectivity index (χ0) is 11.8. The lowest BCUT2D eigenvalue weighted by molar-refractivity contribution is -0.140. The van der Waals surface area contributed by atoms with Crippen molar-refractivity contribution in [2.75, 3.05) is 0 Å². The molecule has 1 saturated carbocycles. The fraction of sp³-hybridized carbons (Fsp3) is 0.700. The van der Waals surface area contributed by atoms with Gasteiger partial charge in [-0.15, -0.1) is 10.2 Å². The first-order valence-corrected chi connectivity index (χ1v) is 5.85. The molecule has 17 heavy (non-hydrogen) atoms. The molecule has 1 aromatic rings. The summed E-state index contributed by atoms with van der Waals surface area (Å²) < 4.78 is 0. The summed E-state index contributed by atoms with van der Waals surface area (Å²) in [6.45, 7) is 0.140. The molecule has 2 atom stereocenters. The summed E-state index contributed by atoms with van der Waals surface area (Å²) in [4.78, 5) is 25.5. The van der Waals surface area contributed by atoms with Gasteiger partial charge in [-0.05, 0) is 12.8 Å². The fourth-order valence-corrected chi connectivity index (χ4v) is 2.78. The SMILES string of the molecule is O=C1C2CCCCC2C(=O)N1Cc1nn[nH]n1. The molecule has 1 saturated heterocycles. The molecule has 2 fully saturated rings. The highest BCUT2D eigenvalue weighted by molar-refractivity contribution is 6.05. The van der Waals surface area contributed by atoms with Crippen molar-refractivity contribution < 1.29 is 9.59 Å². The number of carbonyl (C=O) groups is 2. The van der Waals surface area contributed by atoms with Crippen LogP contribution in [-0.2, 0) is 16.1 Å². The normalized spacial score (nSPS) is 28.6. The number of hydrogen-bond donors (Lipinski definition) is 1. The molecule has 1 aliphatic carbocycles. The molecule has 7 heteroatoms. The first-order chi connectivity index (χ1) is 8.27. The third kappa shape index (κ3) is 1.62. The molecule has 2 amide bonds. The van der Waals surface area contributed by atoms with Gasteiger partial charge in [-0.2, -0.15) is 5.21 Å². The molecule has 1 aliphatic heterocycles. The molecule has 2 unspecified atom stereocenters. The summed E-state index contributed by atoms with van der Waals surface area (Å²) in [7, 11) is 0. The standard InChI is InChI=1S/C10H13N5O2/c16-9-6-3-1-2-4-7(6)10(17)15(9)5-8-11-13-14-12-8/h6-7H,1-5H2,(H,11,12,13,14). The van der Waals surface area contributed by atoms with Crippen molar-refractivity contribution >= 4 is 11.8 Å². The Hall–Kier alpha value is -1.79. The molecule has 1 N–H and O–H groups in total. The molecular formula is C10H13N5O2. The number of hydrogen-bond acceptors (Lipinski definition) is 5. The maximum absolute atomic E-state index is 12.1. The van der Waals surface area contributed by atoms with Crippen LogP contribution in [0, 0.1) is 11.8 Å². The van der Waals surface area contributed by atoms with Gasteiger partial charge in [0.05, 0.1) is 18.4 Å². The summed E-state index contributed by atoms with van der Waals surface area (Å²) in [5, 5.41) is 13.3. The quantitative estimate of drug-likeness (QED) is 0.721. The van der Waals surface area contributed by atoms with Gasteiger partial charge in [0.15, 0.2) is 5.82 Å². The lowest BCUT2D eigenvalue weighted by Crippen LogP contribution is -2.31. The van der Waals surface area contributed by atoms with E-state index in [1.807, 2.05) is 0 Å². The summed E-state index contributed by atoms with van der Waals surface area (Å²) in [6.07, 6.45) is 3.74. The molecule has 2 heterocycles. The van der Waals surface area contributed by atoms with E-state index in [0.29, 0.717) is 5.82 Å². The van der Waals surface area contributed by atoms with Gasteiger partial charge < -0.3 is 0 Å². The van der Waals surface area contributed by atoms with Gasteiger partial charge >= 0.3 is 0 Å². The average molecular weight is 235 g/mol. The van der Waals surface area contributed by atoms with Crippen molar-refractivity contribution in [3.05, 3.63) is 5.82 Å². The topological polar surface area (TPSA) is 91.8 Å². The molecule has 3 rings (SSSR count). The van der Waals surface area contributed by atoms with Gasteiger partial charge in [-0.3, -0.25) is 14.5 Å². The van der Waals surface area contributed by atoms with Crippen LogP contribution in [0.15, 0.2) is 0 Å². The van der Waals surface area contributed by atoms with E-state index in [-0.39, 0.29) is 30.2 Å².